The summed E-state index contributed by atoms with van der Waals surface area (Å²) in [5.74, 6) is 5.38. The van der Waals surface area contributed by atoms with E-state index in [2.05, 4.69) is 17.4 Å². The average molecular weight is 262 g/mol. The second-order valence-electron chi connectivity index (χ2n) is 4.38. The van der Waals surface area contributed by atoms with Crippen molar-refractivity contribution < 1.29 is 4.39 Å². The van der Waals surface area contributed by atoms with E-state index in [-0.39, 0.29) is 11.9 Å². The number of nitrogens with two attached hydrogens (primary N) is 1. The molecule has 0 saturated heterocycles. The number of aryl methyl sites for hydroxylation is 2. The van der Waals surface area contributed by atoms with E-state index >= 15 is 0 Å². The summed E-state index contributed by atoms with van der Waals surface area (Å²) in [6, 6.07) is 8.20. The molecule has 5 heteroatoms. The topological polar surface area (TPSA) is 55.9 Å². The van der Waals surface area contributed by atoms with Crippen molar-refractivity contribution >= 4 is 0 Å². The zero-order chi connectivity index (χ0) is 13.8. The molecule has 0 aliphatic heterocycles. The van der Waals surface area contributed by atoms with Gasteiger partial charge in [0.2, 0.25) is 0 Å². The van der Waals surface area contributed by atoms with Crippen LogP contribution in [0.2, 0.25) is 0 Å². The number of nitrogens with one attached hydrogen (secondary N) is 1. The van der Waals surface area contributed by atoms with Gasteiger partial charge in [-0.1, -0.05) is 19.1 Å². The van der Waals surface area contributed by atoms with Crippen molar-refractivity contribution in [1.29, 1.82) is 0 Å². The maximum absolute atomic E-state index is 13.3. The minimum atomic E-state index is -0.268. The van der Waals surface area contributed by atoms with Gasteiger partial charge in [-0.05, 0) is 37.1 Å². The molecule has 1 atom stereocenters. The first-order valence-corrected chi connectivity index (χ1v) is 6.47. The first kappa shape index (κ1) is 13.7. The predicted molar refractivity (Wildman–Crippen MR) is 72.8 cm³/mol. The molecule has 19 heavy (non-hydrogen) atoms. The molecule has 1 heterocycles. The summed E-state index contributed by atoms with van der Waals surface area (Å²) in [5, 5.41) is 4.49. The van der Waals surface area contributed by atoms with Crippen LogP contribution in [0.25, 0.3) is 0 Å². The zero-order valence-corrected chi connectivity index (χ0v) is 11.2. The van der Waals surface area contributed by atoms with Gasteiger partial charge in [-0.2, -0.15) is 5.10 Å². The minimum Gasteiger partial charge on any atom is -0.271 e. The Balaban J connectivity index is 2.44. The smallest absolute Gasteiger partial charge is 0.123 e. The van der Waals surface area contributed by atoms with Gasteiger partial charge < -0.3 is 0 Å². The summed E-state index contributed by atoms with van der Waals surface area (Å²) in [5.41, 5.74) is 5.50. The number of rotatable bonds is 5. The lowest BCUT2D eigenvalue weighted by atomic mass is 10.0. The van der Waals surface area contributed by atoms with Crippen LogP contribution in [0.15, 0.2) is 30.3 Å². The van der Waals surface area contributed by atoms with E-state index in [1.54, 1.807) is 6.07 Å². The monoisotopic (exact) mass is 262 g/mol. The largest absolute Gasteiger partial charge is 0.271 e. The zero-order valence-electron chi connectivity index (χ0n) is 11.2. The molecule has 4 nitrogen and oxygen atoms in total. The number of benzene rings is 1. The number of nitrogens with zero attached hydrogens (tertiary/aromatic N) is 2. The third-order valence-corrected chi connectivity index (χ3v) is 3.17. The third-order valence-electron chi connectivity index (χ3n) is 3.17. The summed E-state index contributed by atoms with van der Waals surface area (Å²) in [6.07, 6.45) is 0.862. The lowest BCUT2D eigenvalue weighted by molar-refractivity contribution is 0.537. The molecule has 0 aliphatic rings. The lowest BCUT2D eigenvalue weighted by Gasteiger charge is -2.17. The molecular weight excluding hydrogens is 243 g/mol. The highest BCUT2D eigenvalue weighted by atomic mass is 19.1. The Hall–Kier alpha value is -1.72. The molecule has 1 aromatic carbocycles. The number of halogens is 1. The molecular formula is C14H19FN4. The molecule has 3 N–H and O–H groups in total. The molecule has 2 rings (SSSR count). The Morgan fingerprint density at radius 3 is 2.74 bits per heavy atom. The van der Waals surface area contributed by atoms with Crippen molar-refractivity contribution in [2.45, 2.75) is 32.9 Å². The Morgan fingerprint density at radius 2 is 2.16 bits per heavy atom. The normalized spacial score (nSPS) is 12.6. The Kier molecular flexibility index (Phi) is 4.29. The Labute approximate surface area is 112 Å². The Bertz CT molecular complexity index is 550. The van der Waals surface area contributed by atoms with Crippen molar-refractivity contribution in [2.24, 2.45) is 5.84 Å². The second-order valence-corrected chi connectivity index (χ2v) is 4.38. The molecule has 0 spiro atoms. The quantitative estimate of drug-likeness (QED) is 0.641. The highest BCUT2D eigenvalue weighted by Crippen LogP contribution is 2.23. The van der Waals surface area contributed by atoms with Crippen LogP contribution in [0.4, 0.5) is 4.39 Å². The number of hydrogen-bond donors (Lipinski definition) is 2. The van der Waals surface area contributed by atoms with Crippen LogP contribution in [-0.4, -0.2) is 9.78 Å². The number of aromatic nitrogens is 2. The molecule has 0 bridgehead atoms. The van der Waals surface area contributed by atoms with E-state index in [4.69, 9.17) is 5.84 Å². The van der Waals surface area contributed by atoms with Crippen LogP contribution >= 0.6 is 0 Å². The maximum Gasteiger partial charge on any atom is 0.123 e. The maximum atomic E-state index is 13.3. The molecule has 102 valence electrons. The van der Waals surface area contributed by atoms with Crippen LogP contribution in [0.5, 0.6) is 0 Å². The first-order valence-electron chi connectivity index (χ1n) is 6.47. The SMILES string of the molecule is CCc1cc(C(NN)c2cccc(F)c2)n(CC)n1. The van der Waals surface area contributed by atoms with E-state index < -0.39 is 0 Å². The molecule has 0 radical (unpaired) electrons. The third kappa shape index (κ3) is 2.83. The van der Waals surface area contributed by atoms with Gasteiger partial charge in [0.1, 0.15) is 5.82 Å². The van der Waals surface area contributed by atoms with Crippen molar-refractivity contribution in [3.63, 3.8) is 0 Å². The summed E-state index contributed by atoms with van der Waals surface area (Å²) in [4.78, 5) is 0. The van der Waals surface area contributed by atoms with Gasteiger partial charge in [-0.3, -0.25) is 10.5 Å². The van der Waals surface area contributed by atoms with Gasteiger partial charge >= 0.3 is 0 Å². The molecule has 1 aromatic heterocycles. The fourth-order valence-electron chi connectivity index (χ4n) is 2.18. The standard InChI is InChI=1S/C14H19FN4/c1-3-12-9-13(19(4-2)18-12)14(17-16)10-6-5-7-11(15)8-10/h5-9,14,17H,3-4,16H2,1-2H3. The van der Waals surface area contributed by atoms with Gasteiger partial charge in [-0.15, -0.1) is 0 Å². The van der Waals surface area contributed by atoms with E-state index in [1.807, 2.05) is 23.7 Å². The van der Waals surface area contributed by atoms with E-state index in [1.165, 1.54) is 12.1 Å². The fourth-order valence-corrected chi connectivity index (χ4v) is 2.18. The van der Waals surface area contributed by atoms with Crippen molar-refractivity contribution in [1.82, 2.24) is 15.2 Å². The summed E-state index contributed by atoms with van der Waals surface area (Å²) < 4.78 is 15.2. The first-order chi connectivity index (χ1) is 9.19. The van der Waals surface area contributed by atoms with E-state index in [9.17, 15) is 4.39 Å². The lowest BCUT2D eigenvalue weighted by Crippen LogP contribution is -2.30. The summed E-state index contributed by atoms with van der Waals surface area (Å²) in [7, 11) is 0. The van der Waals surface area contributed by atoms with Gasteiger partial charge in [0.25, 0.3) is 0 Å². The predicted octanol–water partition coefficient (Wildman–Crippen LogP) is 2.16. The van der Waals surface area contributed by atoms with Gasteiger partial charge in [0, 0.05) is 6.54 Å². The van der Waals surface area contributed by atoms with Crippen LogP contribution < -0.4 is 11.3 Å². The summed E-state index contributed by atoms with van der Waals surface area (Å²) >= 11 is 0. The van der Waals surface area contributed by atoms with Gasteiger partial charge in [0.05, 0.1) is 17.4 Å². The average Bonchev–Trinajstić information content (AvgIpc) is 2.83. The van der Waals surface area contributed by atoms with Crippen LogP contribution in [-0.2, 0) is 13.0 Å². The molecule has 0 amide bonds. The molecule has 0 fully saturated rings. The summed E-state index contributed by atoms with van der Waals surface area (Å²) in [6.45, 7) is 4.83. The van der Waals surface area contributed by atoms with Gasteiger partial charge in [0.15, 0.2) is 0 Å². The van der Waals surface area contributed by atoms with Crippen molar-refractivity contribution in [2.75, 3.05) is 0 Å². The number of hydrogen-bond acceptors (Lipinski definition) is 3. The minimum absolute atomic E-state index is 0.261. The fraction of sp³-hybridized carbons (Fsp3) is 0.357. The Morgan fingerprint density at radius 1 is 1.37 bits per heavy atom. The number of hydrazine groups is 1. The van der Waals surface area contributed by atoms with Crippen LogP contribution in [0.1, 0.15) is 36.8 Å². The second kappa shape index (κ2) is 5.95. The molecule has 2 aromatic rings. The molecule has 1 unspecified atom stereocenters. The van der Waals surface area contributed by atoms with E-state index in [0.717, 1.165) is 29.9 Å². The highest BCUT2D eigenvalue weighted by molar-refractivity contribution is 5.29. The molecule has 0 saturated carbocycles. The van der Waals surface area contributed by atoms with Gasteiger partial charge in [-0.25, -0.2) is 9.82 Å². The van der Waals surface area contributed by atoms with Crippen LogP contribution in [0, 0.1) is 5.82 Å². The molecule has 0 aliphatic carbocycles. The highest BCUT2D eigenvalue weighted by Gasteiger charge is 2.18. The van der Waals surface area contributed by atoms with Crippen LogP contribution in [0.3, 0.4) is 0 Å². The van der Waals surface area contributed by atoms with Crippen molar-refractivity contribution in [3.05, 3.63) is 53.1 Å². The van der Waals surface area contributed by atoms with E-state index in [0.29, 0.717) is 0 Å². The van der Waals surface area contributed by atoms with Crippen molar-refractivity contribution in [3.8, 4) is 0 Å².